The van der Waals surface area contributed by atoms with E-state index in [0.29, 0.717) is 26.1 Å². The smallest absolute Gasteiger partial charge is 0.151 e. The molecule has 0 aliphatic rings. The Morgan fingerprint density at radius 2 is 1.36 bits per heavy atom. The van der Waals surface area contributed by atoms with Crippen LogP contribution in [0.1, 0.15) is 26.7 Å². The van der Waals surface area contributed by atoms with E-state index >= 15 is 0 Å². The first-order valence-corrected chi connectivity index (χ1v) is 4.87. The Kier molecular flexibility index (Phi) is 8.02. The van der Waals surface area contributed by atoms with Crippen LogP contribution in [0.4, 0.5) is 0 Å². The molecular formula is C9H21NO4. The standard InChI is InChI=1S/C9H21NO4/c1-7(11)13-5-3-9(10)4-6-14-8(2)12/h7-9,11-12H,3-6,10H2,1-2H3. The Morgan fingerprint density at radius 1 is 1.00 bits per heavy atom. The van der Waals surface area contributed by atoms with Crippen LogP contribution in [0.2, 0.25) is 0 Å². The minimum absolute atomic E-state index is 0.0208. The van der Waals surface area contributed by atoms with Crippen molar-refractivity contribution in [1.29, 1.82) is 0 Å². The highest BCUT2D eigenvalue weighted by Crippen LogP contribution is 1.98. The maximum Gasteiger partial charge on any atom is 0.151 e. The van der Waals surface area contributed by atoms with Crippen molar-refractivity contribution in [2.24, 2.45) is 5.73 Å². The molecule has 0 rings (SSSR count). The van der Waals surface area contributed by atoms with E-state index in [1.165, 1.54) is 0 Å². The Balaban J connectivity index is 3.23. The molecule has 0 radical (unpaired) electrons. The first-order chi connectivity index (χ1) is 6.52. The highest BCUT2D eigenvalue weighted by molar-refractivity contribution is 4.60. The fourth-order valence-corrected chi connectivity index (χ4v) is 0.924. The third-order valence-electron chi connectivity index (χ3n) is 1.70. The summed E-state index contributed by atoms with van der Waals surface area (Å²) in [6, 6.07) is -0.0208. The highest BCUT2D eigenvalue weighted by Gasteiger charge is 2.04. The zero-order valence-electron chi connectivity index (χ0n) is 8.85. The Hall–Kier alpha value is -0.200. The van der Waals surface area contributed by atoms with E-state index in [9.17, 15) is 0 Å². The molecule has 2 atom stereocenters. The summed E-state index contributed by atoms with van der Waals surface area (Å²) in [5.41, 5.74) is 5.72. The molecule has 0 aliphatic carbocycles. The SMILES string of the molecule is CC(O)OCCC(N)CCOC(C)O. The molecule has 0 fully saturated rings. The average molecular weight is 207 g/mol. The van der Waals surface area contributed by atoms with Crippen LogP contribution in [0.15, 0.2) is 0 Å². The van der Waals surface area contributed by atoms with E-state index in [1.807, 2.05) is 0 Å². The molecule has 4 N–H and O–H groups in total. The van der Waals surface area contributed by atoms with Gasteiger partial charge in [-0.2, -0.15) is 0 Å². The maximum absolute atomic E-state index is 8.79. The van der Waals surface area contributed by atoms with Crippen LogP contribution in [0, 0.1) is 0 Å². The van der Waals surface area contributed by atoms with Gasteiger partial charge in [0.1, 0.15) is 0 Å². The Bertz CT molecular complexity index is 116. The van der Waals surface area contributed by atoms with Crippen molar-refractivity contribution >= 4 is 0 Å². The molecular weight excluding hydrogens is 186 g/mol. The molecule has 0 saturated heterocycles. The first-order valence-electron chi connectivity index (χ1n) is 4.87. The van der Waals surface area contributed by atoms with Crippen molar-refractivity contribution in [3.63, 3.8) is 0 Å². The van der Waals surface area contributed by atoms with Crippen molar-refractivity contribution in [2.45, 2.75) is 45.3 Å². The lowest BCUT2D eigenvalue weighted by atomic mass is 10.2. The van der Waals surface area contributed by atoms with Gasteiger partial charge in [0, 0.05) is 6.04 Å². The van der Waals surface area contributed by atoms with Gasteiger partial charge >= 0.3 is 0 Å². The van der Waals surface area contributed by atoms with Crippen molar-refractivity contribution in [2.75, 3.05) is 13.2 Å². The highest BCUT2D eigenvalue weighted by atomic mass is 16.6. The van der Waals surface area contributed by atoms with E-state index in [-0.39, 0.29) is 6.04 Å². The van der Waals surface area contributed by atoms with Gasteiger partial charge in [-0.1, -0.05) is 0 Å². The zero-order valence-corrected chi connectivity index (χ0v) is 8.85. The van der Waals surface area contributed by atoms with Gasteiger partial charge in [-0.25, -0.2) is 0 Å². The minimum atomic E-state index is -0.740. The normalized spacial score (nSPS) is 17.8. The number of aliphatic hydroxyl groups excluding tert-OH is 2. The van der Waals surface area contributed by atoms with E-state index in [0.717, 1.165) is 0 Å². The summed E-state index contributed by atoms with van der Waals surface area (Å²) in [5, 5.41) is 17.6. The van der Waals surface area contributed by atoms with Crippen LogP contribution < -0.4 is 5.73 Å². The summed E-state index contributed by atoms with van der Waals surface area (Å²) in [7, 11) is 0. The van der Waals surface area contributed by atoms with Crippen LogP contribution >= 0.6 is 0 Å². The second-order valence-corrected chi connectivity index (χ2v) is 3.28. The van der Waals surface area contributed by atoms with Gasteiger partial charge in [-0.3, -0.25) is 0 Å². The number of hydrogen-bond acceptors (Lipinski definition) is 5. The van der Waals surface area contributed by atoms with Gasteiger partial charge in [0.25, 0.3) is 0 Å². The average Bonchev–Trinajstić information content (AvgIpc) is 2.02. The number of rotatable bonds is 8. The van der Waals surface area contributed by atoms with E-state index in [2.05, 4.69) is 0 Å². The van der Waals surface area contributed by atoms with Crippen LogP contribution in [-0.4, -0.2) is 42.0 Å². The van der Waals surface area contributed by atoms with Gasteiger partial charge < -0.3 is 25.4 Å². The van der Waals surface area contributed by atoms with Gasteiger partial charge in [0.05, 0.1) is 13.2 Å². The fraction of sp³-hybridized carbons (Fsp3) is 1.00. The van der Waals surface area contributed by atoms with Gasteiger partial charge in [0.2, 0.25) is 0 Å². The quantitative estimate of drug-likeness (QED) is 0.480. The molecule has 0 bridgehead atoms. The molecule has 2 unspecified atom stereocenters. The topological polar surface area (TPSA) is 84.9 Å². The number of nitrogens with two attached hydrogens (primary N) is 1. The molecule has 0 spiro atoms. The predicted molar refractivity (Wildman–Crippen MR) is 52.5 cm³/mol. The van der Waals surface area contributed by atoms with Crippen molar-refractivity contribution in [3.05, 3.63) is 0 Å². The molecule has 0 amide bonds. The molecule has 0 heterocycles. The van der Waals surface area contributed by atoms with Crippen molar-refractivity contribution in [3.8, 4) is 0 Å². The van der Waals surface area contributed by atoms with Crippen molar-refractivity contribution < 1.29 is 19.7 Å². The lowest BCUT2D eigenvalue weighted by Crippen LogP contribution is -2.25. The Labute approximate surface area is 84.8 Å². The molecule has 0 saturated carbocycles. The number of hydrogen-bond donors (Lipinski definition) is 3. The van der Waals surface area contributed by atoms with Gasteiger partial charge in [0.15, 0.2) is 12.6 Å². The minimum Gasteiger partial charge on any atom is -0.368 e. The molecule has 0 aliphatic heterocycles. The van der Waals surface area contributed by atoms with Crippen LogP contribution in [0.5, 0.6) is 0 Å². The number of ether oxygens (including phenoxy) is 2. The molecule has 0 aromatic heterocycles. The molecule has 5 nitrogen and oxygen atoms in total. The third-order valence-corrected chi connectivity index (χ3v) is 1.70. The monoisotopic (exact) mass is 207 g/mol. The van der Waals surface area contributed by atoms with Crippen molar-refractivity contribution in [1.82, 2.24) is 0 Å². The molecule has 0 aromatic carbocycles. The molecule has 14 heavy (non-hydrogen) atoms. The maximum atomic E-state index is 8.79. The summed E-state index contributed by atoms with van der Waals surface area (Å²) in [6.45, 7) is 3.99. The first kappa shape index (κ1) is 13.8. The van der Waals surface area contributed by atoms with E-state index in [4.69, 9.17) is 25.4 Å². The number of aliphatic hydroxyl groups is 2. The second-order valence-electron chi connectivity index (χ2n) is 3.28. The largest absolute Gasteiger partial charge is 0.368 e. The fourth-order valence-electron chi connectivity index (χ4n) is 0.924. The molecule has 0 aromatic rings. The predicted octanol–water partition coefficient (Wildman–Crippen LogP) is -0.196. The summed E-state index contributed by atoms with van der Waals surface area (Å²) in [5.74, 6) is 0. The summed E-state index contributed by atoms with van der Waals surface area (Å²) >= 11 is 0. The molecule has 5 heteroatoms. The van der Waals surface area contributed by atoms with Crippen LogP contribution in [0.25, 0.3) is 0 Å². The Morgan fingerprint density at radius 3 is 1.64 bits per heavy atom. The second kappa shape index (κ2) is 8.14. The lowest BCUT2D eigenvalue weighted by Gasteiger charge is -2.13. The van der Waals surface area contributed by atoms with E-state index < -0.39 is 12.6 Å². The van der Waals surface area contributed by atoms with Gasteiger partial charge in [-0.15, -0.1) is 0 Å². The van der Waals surface area contributed by atoms with Crippen LogP contribution in [-0.2, 0) is 9.47 Å². The van der Waals surface area contributed by atoms with Gasteiger partial charge in [-0.05, 0) is 26.7 Å². The third kappa shape index (κ3) is 9.88. The lowest BCUT2D eigenvalue weighted by molar-refractivity contribution is -0.0924. The van der Waals surface area contributed by atoms with E-state index in [1.54, 1.807) is 13.8 Å². The zero-order chi connectivity index (χ0) is 11.0. The summed E-state index contributed by atoms with van der Waals surface area (Å²) < 4.78 is 9.85. The van der Waals surface area contributed by atoms with Crippen LogP contribution in [0.3, 0.4) is 0 Å². The summed E-state index contributed by atoms with van der Waals surface area (Å²) in [6.07, 6.45) is -0.130. The summed E-state index contributed by atoms with van der Waals surface area (Å²) in [4.78, 5) is 0. The molecule has 86 valence electrons.